The van der Waals surface area contributed by atoms with Crippen molar-refractivity contribution >= 4 is 17.5 Å². The van der Waals surface area contributed by atoms with Crippen LogP contribution in [0.5, 0.6) is 5.75 Å². The van der Waals surface area contributed by atoms with Gasteiger partial charge in [-0.25, -0.2) is 0 Å². The average Bonchev–Trinajstić information content (AvgIpc) is 2.38. The van der Waals surface area contributed by atoms with Crippen LogP contribution >= 0.6 is 11.6 Å². The van der Waals surface area contributed by atoms with Gasteiger partial charge in [0.05, 0.1) is 30.7 Å². The summed E-state index contributed by atoms with van der Waals surface area (Å²) >= 11 is 5.93. The molecule has 0 radical (unpaired) electrons. The molecule has 0 spiro atoms. The molecule has 106 valence electrons. The Kier molecular flexibility index (Phi) is 6.67. The average molecular weight is 286 g/mol. The summed E-state index contributed by atoms with van der Waals surface area (Å²) in [5, 5.41) is 12.4. The molecule has 0 bridgehead atoms. The highest BCUT2D eigenvalue weighted by Gasteiger charge is 2.14. The Hall–Kier alpha value is -1.26. The lowest BCUT2D eigenvalue weighted by Gasteiger charge is -2.19. The van der Waals surface area contributed by atoms with Gasteiger partial charge in [0, 0.05) is 0 Å². The van der Waals surface area contributed by atoms with Crippen LogP contribution < -0.4 is 10.1 Å². The molecule has 0 heterocycles. The molecule has 0 saturated heterocycles. The number of benzene rings is 1. The Morgan fingerprint density at radius 1 is 1.42 bits per heavy atom. The number of aliphatic hydroxyl groups excluding tert-OH is 1. The Labute approximate surface area is 118 Å². The quantitative estimate of drug-likeness (QED) is 0.808. The maximum atomic E-state index is 11.7. The van der Waals surface area contributed by atoms with E-state index in [2.05, 4.69) is 5.32 Å². The molecular weight excluding hydrogens is 266 g/mol. The minimum Gasteiger partial charge on any atom is -0.491 e. The van der Waals surface area contributed by atoms with Crippen molar-refractivity contribution in [3.8, 4) is 5.75 Å². The molecule has 4 nitrogen and oxygen atoms in total. The maximum absolute atomic E-state index is 11.7. The van der Waals surface area contributed by atoms with Gasteiger partial charge in [0.1, 0.15) is 5.75 Å². The highest BCUT2D eigenvalue weighted by atomic mass is 35.5. The van der Waals surface area contributed by atoms with Crippen LogP contribution in [0.3, 0.4) is 0 Å². The molecule has 1 aromatic carbocycles. The Morgan fingerprint density at radius 3 is 2.68 bits per heavy atom. The van der Waals surface area contributed by atoms with Gasteiger partial charge in [0.15, 0.2) is 0 Å². The van der Waals surface area contributed by atoms with Crippen molar-refractivity contribution in [2.45, 2.75) is 26.3 Å². The molecule has 0 saturated carbocycles. The van der Waals surface area contributed by atoms with E-state index in [-0.39, 0.29) is 37.5 Å². The Morgan fingerprint density at radius 2 is 2.11 bits per heavy atom. The first-order chi connectivity index (χ1) is 9.04. The van der Waals surface area contributed by atoms with Crippen molar-refractivity contribution in [3.05, 3.63) is 29.3 Å². The van der Waals surface area contributed by atoms with Crippen molar-refractivity contribution in [1.82, 2.24) is 5.32 Å². The van der Waals surface area contributed by atoms with Crippen LogP contribution in [-0.2, 0) is 4.79 Å². The minimum absolute atomic E-state index is 0.0607. The van der Waals surface area contributed by atoms with Crippen molar-refractivity contribution in [2.24, 2.45) is 5.92 Å². The molecule has 1 atom stereocenters. The van der Waals surface area contributed by atoms with Crippen LogP contribution in [-0.4, -0.2) is 30.3 Å². The number of carbonyl (C=O) groups excluding carboxylic acids is 1. The van der Waals surface area contributed by atoms with Crippen molar-refractivity contribution in [3.63, 3.8) is 0 Å². The van der Waals surface area contributed by atoms with Crippen LogP contribution in [0.2, 0.25) is 5.02 Å². The standard InChI is InChI=1S/C14H20ClNO3/c1-10(2)12(9-17)16-14(18)7-8-19-13-6-4-3-5-11(13)15/h3-6,10,12,17H,7-9H2,1-2H3,(H,16,18). The van der Waals surface area contributed by atoms with E-state index in [9.17, 15) is 4.79 Å². The third-order valence-corrected chi connectivity index (χ3v) is 3.08. The van der Waals surface area contributed by atoms with Gasteiger partial charge < -0.3 is 15.2 Å². The van der Waals surface area contributed by atoms with Crippen molar-refractivity contribution in [2.75, 3.05) is 13.2 Å². The fraction of sp³-hybridized carbons (Fsp3) is 0.500. The third kappa shape index (κ3) is 5.49. The van der Waals surface area contributed by atoms with Gasteiger partial charge in [0.2, 0.25) is 5.91 Å². The predicted molar refractivity (Wildman–Crippen MR) is 75.4 cm³/mol. The Bertz CT molecular complexity index is 409. The minimum atomic E-state index is -0.215. The van der Waals surface area contributed by atoms with E-state index in [4.69, 9.17) is 21.4 Å². The van der Waals surface area contributed by atoms with Crippen molar-refractivity contribution in [1.29, 1.82) is 0 Å². The summed E-state index contributed by atoms with van der Waals surface area (Å²) in [7, 11) is 0. The molecule has 0 aliphatic rings. The second kappa shape index (κ2) is 8.02. The predicted octanol–water partition coefficient (Wildman–Crippen LogP) is 2.24. The summed E-state index contributed by atoms with van der Waals surface area (Å²) in [6.07, 6.45) is 0.231. The molecule has 1 amide bonds. The number of carbonyl (C=O) groups is 1. The summed E-state index contributed by atoms with van der Waals surface area (Å²) in [5.74, 6) is 0.623. The summed E-state index contributed by atoms with van der Waals surface area (Å²) < 4.78 is 5.43. The van der Waals surface area contributed by atoms with Crippen LogP contribution in [0, 0.1) is 5.92 Å². The number of halogens is 1. The fourth-order valence-electron chi connectivity index (χ4n) is 1.52. The number of amides is 1. The lowest BCUT2D eigenvalue weighted by Crippen LogP contribution is -2.41. The number of ether oxygens (including phenoxy) is 1. The van der Waals surface area contributed by atoms with E-state index in [1.54, 1.807) is 12.1 Å². The summed E-state index contributed by atoms with van der Waals surface area (Å²) in [4.78, 5) is 11.7. The fourth-order valence-corrected chi connectivity index (χ4v) is 1.71. The van der Waals surface area contributed by atoms with Crippen molar-refractivity contribution < 1.29 is 14.6 Å². The molecule has 19 heavy (non-hydrogen) atoms. The van der Waals surface area contributed by atoms with Crippen LogP contribution in [0.25, 0.3) is 0 Å². The van der Waals surface area contributed by atoms with Gasteiger partial charge in [-0.3, -0.25) is 4.79 Å². The normalized spacial score (nSPS) is 12.3. The molecule has 0 aliphatic carbocycles. The largest absolute Gasteiger partial charge is 0.491 e. The molecule has 0 aromatic heterocycles. The zero-order valence-corrected chi connectivity index (χ0v) is 12.0. The van der Waals surface area contributed by atoms with E-state index >= 15 is 0 Å². The highest BCUT2D eigenvalue weighted by Crippen LogP contribution is 2.22. The number of aliphatic hydroxyl groups is 1. The molecule has 0 aliphatic heterocycles. The molecule has 2 N–H and O–H groups in total. The molecule has 0 fully saturated rings. The van der Waals surface area contributed by atoms with Gasteiger partial charge in [0.25, 0.3) is 0 Å². The van der Waals surface area contributed by atoms with E-state index in [0.717, 1.165) is 0 Å². The third-order valence-electron chi connectivity index (χ3n) is 2.77. The van der Waals surface area contributed by atoms with Gasteiger partial charge in [-0.05, 0) is 18.1 Å². The molecule has 5 heteroatoms. The van der Waals surface area contributed by atoms with Crippen LogP contribution in [0.1, 0.15) is 20.3 Å². The van der Waals surface area contributed by atoms with Gasteiger partial charge >= 0.3 is 0 Å². The molecule has 1 aromatic rings. The monoisotopic (exact) mass is 285 g/mol. The number of para-hydroxylation sites is 1. The first-order valence-corrected chi connectivity index (χ1v) is 6.70. The lowest BCUT2D eigenvalue weighted by molar-refractivity contribution is -0.122. The summed E-state index contributed by atoms with van der Waals surface area (Å²) in [5.41, 5.74) is 0. The second-order valence-corrected chi connectivity index (χ2v) is 5.04. The number of hydrogen-bond donors (Lipinski definition) is 2. The zero-order valence-electron chi connectivity index (χ0n) is 11.2. The second-order valence-electron chi connectivity index (χ2n) is 4.63. The topological polar surface area (TPSA) is 58.6 Å². The van der Waals surface area contributed by atoms with E-state index in [1.807, 2.05) is 26.0 Å². The molecular formula is C14H20ClNO3. The lowest BCUT2D eigenvalue weighted by atomic mass is 10.1. The Balaban J connectivity index is 2.33. The van der Waals surface area contributed by atoms with E-state index in [1.165, 1.54) is 0 Å². The summed E-state index contributed by atoms with van der Waals surface area (Å²) in [6.45, 7) is 4.09. The first kappa shape index (κ1) is 15.8. The summed E-state index contributed by atoms with van der Waals surface area (Å²) in [6, 6.07) is 6.91. The van der Waals surface area contributed by atoms with Crippen LogP contribution in [0.15, 0.2) is 24.3 Å². The smallest absolute Gasteiger partial charge is 0.223 e. The van der Waals surface area contributed by atoms with Gasteiger partial charge in [-0.15, -0.1) is 0 Å². The maximum Gasteiger partial charge on any atom is 0.223 e. The van der Waals surface area contributed by atoms with Gasteiger partial charge in [-0.1, -0.05) is 37.6 Å². The SMILES string of the molecule is CC(C)C(CO)NC(=O)CCOc1ccccc1Cl. The van der Waals surface area contributed by atoms with E-state index < -0.39 is 0 Å². The number of hydrogen-bond acceptors (Lipinski definition) is 3. The first-order valence-electron chi connectivity index (χ1n) is 6.32. The number of rotatable bonds is 7. The van der Waals surface area contributed by atoms with E-state index in [0.29, 0.717) is 10.8 Å². The molecule has 1 unspecified atom stereocenters. The number of nitrogens with one attached hydrogen (secondary N) is 1. The van der Waals surface area contributed by atoms with Gasteiger partial charge in [-0.2, -0.15) is 0 Å². The highest BCUT2D eigenvalue weighted by molar-refractivity contribution is 6.32. The zero-order chi connectivity index (χ0) is 14.3. The molecule has 1 rings (SSSR count). The van der Waals surface area contributed by atoms with Crippen LogP contribution in [0.4, 0.5) is 0 Å².